The first-order valence-electron chi connectivity index (χ1n) is 7.70. The Balaban J connectivity index is 2.28. The van der Waals surface area contributed by atoms with E-state index in [0.29, 0.717) is 22.9 Å². The van der Waals surface area contributed by atoms with Gasteiger partial charge in [-0.05, 0) is 18.6 Å². The lowest BCUT2D eigenvalue weighted by molar-refractivity contribution is -0.151. The van der Waals surface area contributed by atoms with Crippen molar-refractivity contribution < 1.29 is 23.8 Å². The first-order chi connectivity index (χ1) is 11.1. The summed E-state index contributed by atoms with van der Waals surface area (Å²) in [5, 5.41) is 0.544. The van der Waals surface area contributed by atoms with Gasteiger partial charge in [-0.25, -0.2) is 0 Å². The molecule has 0 N–H and O–H groups in total. The van der Waals surface area contributed by atoms with Crippen LogP contribution in [-0.2, 0) is 25.7 Å². The summed E-state index contributed by atoms with van der Waals surface area (Å²) in [6.07, 6.45) is 2.98. The van der Waals surface area contributed by atoms with E-state index in [1.807, 2.05) is 0 Å². The molecule has 128 valence electrons. The number of unbranched alkanes of at least 4 members (excludes halogenated alkanes) is 2. The van der Waals surface area contributed by atoms with Crippen LogP contribution in [0.5, 0.6) is 5.75 Å². The molecule has 5 nitrogen and oxygen atoms in total. The molecular formula is C17H23ClO5. The molecule has 0 atom stereocenters. The van der Waals surface area contributed by atoms with E-state index in [1.165, 1.54) is 7.11 Å². The van der Waals surface area contributed by atoms with Gasteiger partial charge >= 0.3 is 11.9 Å². The highest BCUT2D eigenvalue weighted by Crippen LogP contribution is 2.23. The van der Waals surface area contributed by atoms with E-state index < -0.39 is 5.97 Å². The van der Waals surface area contributed by atoms with Gasteiger partial charge in [-0.15, -0.1) is 0 Å². The van der Waals surface area contributed by atoms with Gasteiger partial charge in [0.05, 0.1) is 26.6 Å². The Bertz CT molecular complexity index is 516. The van der Waals surface area contributed by atoms with Crippen molar-refractivity contribution >= 4 is 23.5 Å². The minimum absolute atomic E-state index is 0.00250. The van der Waals surface area contributed by atoms with Crippen molar-refractivity contribution in [2.45, 2.75) is 45.6 Å². The molecule has 0 radical (unpaired) electrons. The molecule has 23 heavy (non-hydrogen) atoms. The monoisotopic (exact) mass is 342 g/mol. The lowest BCUT2D eigenvalue weighted by atomic mass is 10.2. The average molecular weight is 343 g/mol. The van der Waals surface area contributed by atoms with Crippen LogP contribution in [0.3, 0.4) is 0 Å². The maximum absolute atomic E-state index is 11.7. The highest BCUT2D eigenvalue weighted by atomic mass is 35.5. The summed E-state index contributed by atoms with van der Waals surface area (Å²) in [5.74, 6) is -0.268. The number of halogens is 1. The molecule has 1 aromatic carbocycles. The van der Waals surface area contributed by atoms with Crippen LogP contribution in [0, 0.1) is 0 Å². The van der Waals surface area contributed by atoms with Gasteiger partial charge in [0.15, 0.2) is 0 Å². The summed E-state index contributed by atoms with van der Waals surface area (Å²) in [4.78, 5) is 23.1. The number of ether oxygens (including phenoxy) is 3. The van der Waals surface area contributed by atoms with Crippen LogP contribution in [0.1, 0.15) is 44.6 Å². The van der Waals surface area contributed by atoms with E-state index in [4.69, 9.17) is 25.8 Å². The Morgan fingerprint density at radius 1 is 1.09 bits per heavy atom. The normalized spacial score (nSPS) is 10.2. The first kappa shape index (κ1) is 19.3. The smallest absolute Gasteiger partial charge is 0.306 e. The van der Waals surface area contributed by atoms with Gasteiger partial charge in [-0.3, -0.25) is 9.59 Å². The van der Waals surface area contributed by atoms with E-state index in [-0.39, 0.29) is 25.4 Å². The number of carbonyl (C=O) groups excluding carboxylic acids is 2. The quantitative estimate of drug-likeness (QED) is 0.476. The third-order valence-electron chi connectivity index (χ3n) is 3.18. The molecule has 0 fully saturated rings. The summed E-state index contributed by atoms with van der Waals surface area (Å²) in [6.45, 7) is 2.56. The van der Waals surface area contributed by atoms with Crippen LogP contribution in [0.4, 0.5) is 0 Å². The fourth-order valence-corrected chi connectivity index (χ4v) is 2.04. The molecule has 1 aromatic rings. The summed E-state index contributed by atoms with van der Waals surface area (Å²) in [6, 6.07) is 5.08. The van der Waals surface area contributed by atoms with Crippen molar-refractivity contribution in [2.75, 3.05) is 13.7 Å². The van der Waals surface area contributed by atoms with Gasteiger partial charge in [0.1, 0.15) is 12.4 Å². The lowest BCUT2D eigenvalue weighted by Crippen LogP contribution is -2.11. The van der Waals surface area contributed by atoms with Gasteiger partial charge in [-0.1, -0.05) is 37.4 Å². The Hall–Kier alpha value is -1.75. The molecule has 1 rings (SSSR count). The molecule has 0 saturated heterocycles. The van der Waals surface area contributed by atoms with E-state index in [0.717, 1.165) is 19.3 Å². The molecule has 0 bridgehead atoms. The maximum Gasteiger partial charge on any atom is 0.306 e. The standard InChI is InChI=1S/C17H23ClO5/c1-3-4-5-10-22-16(19)8-9-17(20)23-12-13-6-7-14(18)11-15(13)21-2/h6-7,11H,3-5,8-10,12H2,1-2H3. The Kier molecular flexibility index (Phi) is 9.14. The largest absolute Gasteiger partial charge is 0.496 e. The summed E-state index contributed by atoms with van der Waals surface area (Å²) in [7, 11) is 1.52. The molecule has 0 aliphatic rings. The number of carbonyl (C=O) groups is 2. The summed E-state index contributed by atoms with van der Waals surface area (Å²) >= 11 is 5.87. The second-order valence-corrected chi connectivity index (χ2v) is 5.48. The zero-order valence-electron chi connectivity index (χ0n) is 13.6. The Morgan fingerprint density at radius 3 is 2.43 bits per heavy atom. The highest BCUT2D eigenvalue weighted by molar-refractivity contribution is 6.30. The number of rotatable bonds is 10. The number of esters is 2. The van der Waals surface area contributed by atoms with E-state index >= 15 is 0 Å². The molecule has 0 aliphatic heterocycles. The molecule has 0 aromatic heterocycles. The van der Waals surface area contributed by atoms with Gasteiger partial charge in [0, 0.05) is 10.6 Å². The summed E-state index contributed by atoms with van der Waals surface area (Å²) < 4.78 is 15.3. The molecule has 0 saturated carbocycles. The van der Waals surface area contributed by atoms with Crippen LogP contribution >= 0.6 is 11.6 Å². The maximum atomic E-state index is 11.7. The van der Waals surface area contributed by atoms with Crippen molar-refractivity contribution in [3.63, 3.8) is 0 Å². The topological polar surface area (TPSA) is 61.8 Å². The number of hydrogen-bond donors (Lipinski definition) is 0. The second-order valence-electron chi connectivity index (χ2n) is 5.04. The molecule has 0 aliphatic carbocycles. The molecule has 0 unspecified atom stereocenters. The van der Waals surface area contributed by atoms with Gasteiger partial charge < -0.3 is 14.2 Å². The van der Waals surface area contributed by atoms with Gasteiger partial charge in [-0.2, -0.15) is 0 Å². The van der Waals surface area contributed by atoms with Crippen LogP contribution in [-0.4, -0.2) is 25.7 Å². The zero-order valence-corrected chi connectivity index (χ0v) is 14.4. The molecule has 0 heterocycles. The minimum atomic E-state index is -0.451. The van der Waals surface area contributed by atoms with Gasteiger partial charge in [0.25, 0.3) is 0 Å². The van der Waals surface area contributed by atoms with Crippen molar-refractivity contribution in [3.8, 4) is 5.75 Å². The number of benzene rings is 1. The van der Waals surface area contributed by atoms with Crippen LogP contribution < -0.4 is 4.74 Å². The number of hydrogen-bond acceptors (Lipinski definition) is 5. The highest BCUT2D eigenvalue weighted by Gasteiger charge is 2.11. The minimum Gasteiger partial charge on any atom is -0.496 e. The lowest BCUT2D eigenvalue weighted by Gasteiger charge is -2.09. The van der Waals surface area contributed by atoms with Crippen LogP contribution in [0.15, 0.2) is 18.2 Å². The predicted molar refractivity (Wildman–Crippen MR) is 87.5 cm³/mol. The molecule has 0 amide bonds. The molecule has 6 heteroatoms. The SMILES string of the molecule is CCCCCOC(=O)CCC(=O)OCc1ccc(Cl)cc1OC. The molecular weight excluding hydrogens is 320 g/mol. The van der Waals surface area contributed by atoms with Crippen LogP contribution in [0.25, 0.3) is 0 Å². The van der Waals surface area contributed by atoms with Crippen LogP contribution in [0.2, 0.25) is 5.02 Å². The number of methoxy groups -OCH3 is 1. The first-order valence-corrected chi connectivity index (χ1v) is 8.08. The fourth-order valence-electron chi connectivity index (χ4n) is 1.88. The van der Waals surface area contributed by atoms with E-state index in [1.54, 1.807) is 18.2 Å². The van der Waals surface area contributed by atoms with Crippen molar-refractivity contribution in [3.05, 3.63) is 28.8 Å². The average Bonchev–Trinajstić information content (AvgIpc) is 2.55. The van der Waals surface area contributed by atoms with Crippen molar-refractivity contribution in [1.82, 2.24) is 0 Å². The Labute approximate surface area is 141 Å². The predicted octanol–water partition coefficient (Wildman–Crippen LogP) is 3.91. The third kappa shape index (κ3) is 7.88. The van der Waals surface area contributed by atoms with Crippen molar-refractivity contribution in [1.29, 1.82) is 0 Å². The molecule has 0 spiro atoms. The zero-order chi connectivity index (χ0) is 17.1. The van der Waals surface area contributed by atoms with Crippen molar-refractivity contribution in [2.24, 2.45) is 0 Å². The van der Waals surface area contributed by atoms with E-state index in [9.17, 15) is 9.59 Å². The van der Waals surface area contributed by atoms with Gasteiger partial charge in [0.2, 0.25) is 0 Å². The second kappa shape index (κ2) is 10.9. The third-order valence-corrected chi connectivity index (χ3v) is 3.42. The Morgan fingerprint density at radius 2 is 1.78 bits per heavy atom. The fraction of sp³-hybridized carbons (Fsp3) is 0.529. The summed E-state index contributed by atoms with van der Waals surface area (Å²) in [5.41, 5.74) is 0.715. The van der Waals surface area contributed by atoms with E-state index in [2.05, 4.69) is 6.92 Å².